The molecule has 3 rings (SSSR count). The molecule has 1 N–H and O–H groups in total. The monoisotopic (exact) mass is 456 g/mol. The molecule has 0 saturated heterocycles. The van der Waals surface area contributed by atoms with Crippen molar-refractivity contribution in [2.24, 2.45) is 5.41 Å². The molecular formula is C24H29ClN4OS. The Morgan fingerprint density at radius 1 is 1.10 bits per heavy atom. The van der Waals surface area contributed by atoms with Crippen LogP contribution in [-0.2, 0) is 17.1 Å². The SMILES string of the molecule is Cc1ccccc1CSc1nnc(CNC(=O)CC(C)(C)C)n1-c1cc(Cl)ccc1C. The fourth-order valence-corrected chi connectivity index (χ4v) is 4.42. The van der Waals surface area contributed by atoms with Gasteiger partial charge in [-0.2, -0.15) is 0 Å². The lowest BCUT2D eigenvalue weighted by molar-refractivity contribution is -0.123. The van der Waals surface area contributed by atoms with Crippen molar-refractivity contribution in [3.8, 4) is 5.69 Å². The topological polar surface area (TPSA) is 59.8 Å². The number of carbonyl (C=O) groups is 1. The molecule has 2 aromatic carbocycles. The van der Waals surface area contributed by atoms with Gasteiger partial charge in [-0.15, -0.1) is 10.2 Å². The highest BCUT2D eigenvalue weighted by atomic mass is 35.5. The van der Waals surface area contributed by atoms with E-state index in [9.17, 15) is 4.79 Å². The van der Waals surface area contributed by atoms with Gasteiger partial charge in [0.15, 0.2) is 11.0 Å². The molecule has 0 unspecified atom stereocenters. The van der Waals surface area contributed by atoms with Crippen LogP contribution in [0.4, 0.5) is 0 Å². The number of hydrogen-bond donors (Lipinski definition) is 1. The van der Waals surface area contributed by atoms with E-state index in [1.54, 1.807) is 11.8 Å². The van der Waals surface area contributed by atoms with Gasteiger partial charge in [-0.25, -0.2) is 0 Å². The van der Waals surface area contributed by atoms with Crippen LogP contribution in [0.25, 0.3) is 5.69 Å². The number of benzene rings is 2. The molecule has 0 saturated carbocycles. The quantitative estimate of drug-likeness (QED) is 0.451. The average molecular weight is 457 g/mol. The Bertz CT molecular complexity index is 1070. The van der Waals surface area contributed by atoms with Crippen molar-refractivity contribution in [1.29, 1.82) is 0 Å². The maximum Gasteiger partial charge on any atom is 0.220 e. The molecule has 164 valence electrons. The number of thioether (sulfide) groups is 1. The minimum Gasteiger partial charge on any atom is -0.349 e. The molecule has 0 spiro atoms. The number of nitrogens with one attached hydrogen (secondary N) is 1. The normalized spacial score (nSPS) is 11.5. The van der Waals surface area contributed by atoms with Gasteiger partial charge < -0.3 is 5.32 Å². The van der Waals surface area contributed by atoms with Gasteiger partial charge in [0.2, 0.25) is 5.91 Å². The van der Waals surface area contributed by atoms with E-state index in [-0.39, 0.29) is 11.3 Å². The molecule has 0 atom stereocenters. The first-order valence-corrected chi connectivity index (χ1v) is 11.7. The first-order chi connectivity index (χ1) is 14.6. The molecule has 7 heteroatoms. The van der Waals surface area contributed by atoms with E-state index in [0.29, 0.717) is 23.8 Å². The van der Waals surface area contributed by atoms with Gasteiger partial charge in [0.1, 0.15) is 0 Å². The number of nitrogens with zero attached hydrogens (tertiary/aromatic N) is 3. The van der Waals surface area contributed by atoms with Gasteiger partial charge in [-0.05, 0) is 48.1 Å². The molecule has 1 heterocycles. The zero-order chi connectivity index (χ0) is 22.6. The molecule has 0 bridgehead atoms. The van der Waals surface area contributed by atoms with Gasteiger partial charge in [-0.1, -0.05) is 74.5 Å². The number of rotatable bonds is 7. The smallest absolute Gasteiger partial charge is 0.220 e. The summed E-state index contributed by atoms with van der Waals surface area (Å²) in [6.07, 6.45) is 0.451. The molecule has 31 heavy (non-hydrogen) atoms. The Morgan fingerprint density at radius 3 is 2.55 bits per heavy atom. The van der Waals surface area contributed by atoms with E-state index in [2.05, 4.69) is 34.6 Å². The summed E-state index contributed by atoms with van der Waals surface area (Å²) >= 11 is 7.92. The van der Waals surface area contributed by atoms with Gasteiger partial charge in [0.25, 0.3) is 0 Å². The van der Waals surface area contributed by atoms with Crippen LogP contribution in [0.15, 0.2) is 47.6 Å². The van der Waals surface area contributed by atoms with Crippen molar-refractivity contribution in [3.05, 3.63) is 70.0 Å². The van der Waals surface area contributed by atoms with E-state index < -0.39 is 0 Å². The minimum absolute atomic E-state index is 0.000945. The molecule has 0 aliphatic carbocycles. The van der Waals surface area contributed by atoms with E-state index in [4.69, 9.17) is 11.6 Å². The van der Waals surface area contributed by atoms with Gasteiger partial charge in [-0.3, -0.25) is 9.36 Å². The minimum atomic E-state index is -0.0736. The predicted molar refractivity (Wildman–Crippen MR) is 128 cm³/mol. The van der Waals surface area contributed by atoms with E-state index in [1.165, 1.54) is 11.1 Å². The fraction of sp³-hybridized carbons (Fsp3) is 0.375. The Balaban J connectivity index is 1.89. The third-order valence-corrected chi connectivity index (χ3v) is 6.08. The van der Waals surface area contributed by atoms with Crippen molar-refractivity contribution >= 4 is 29.3 Å². The molecular weight excluding hydrogens is 428 g/mol. The number of aromatic nitrogens is 3. The second-order valence-corrected chi connectivity index (χ2v) is 10.3. The summed E-state index contributed by atoms with van der Waals surface area (Å²) in [6.45, 7) is 10.6. The highest BCUT2D eigenvalue weighted by molar-refractivity contribution is 7.98. The van der Waals surface area contributed by atoms with Gasteiger partial charge >= 0.3 is 0 Å². The summed E-state index contributed by atoms with van der Waals surface area (Å²) in [5, 5.41) is 13.3. The molecule has 0 aliphatic rings. The summed E-state index contributed by atoms with van der Waals surface area (Å²) in [7, 11) is 0. The van der Waals surface area contributed by atoms with Gasteiger partial charge in [0, 0.05) is 17.2 Å². The third kappa shape index (κ3) is 6.34. The third-order valence-electron chi connectivity index (χ3n) is 4.87. The van der Waals surface area contributed by atoms with Gasteiger partial charge in [0.05, 0.1) is 12.2 Å². The van der Waals surface area contributed by atoms with E-state index >= 15 is 0 Å². The summed E-state index contributed by atoms with van der Waals surface area (Å²) in [5.41, 5.74) is 4.41. The number of carbonyl (C=O) groups excluding carboxylic acids is 1. The average Bonchev–Trinajstić information content (AvgIpc) is 3.09. The summed E-state index contributed by atoms with van der Waals surface area (Å²) in [5.74, 6) is 1.46. The first-order valence-electron chi connectivity index (χ1n) is 10.3. The summed E-state index contributed by atoms with van der Waals surface area (Å²) in [6, 6.07) is 14.1. The number of halogens is 1. The maximum atomic E-state index is 12.4. The standard InChI is InChI=1S/C24H29ClN4OS/c1-16-8-6-7-9-18(16)15-31-23-28-27-21(14-26-22(30)13-24(3,4)5)29(23)20-12-19(25)11-10-17(20)2/h6-12H,13-15H2,1-5H3,(H,26,30). The van der Waals surface area contributed by atoms with Crippen molar-refractivity contribution in [2.45, 2.75) is 58.5 Å². The lowest BCUT2D eigenvalue weighted by atomic mass is 9.92. The van der Waals surface area contributed by atoms with E-state index in [1.807, 2.05) is 62.6 Å². The van der Waals surface area contributed by atoms with Crippen LogP contribution in [0.3, 0.4) is 0 Å². The Morgan fingerprint density at radius 2 is 1.84 bits per heavy atom. The Kier molecular flexibility index (Phi) is 7.44. The summed E-state index contributed by atoms with van der Waals surface area (Å²) in [4.78, 5) is 12.4. The lowest BCUT2D eigenvalue weighted by Gasteiger charge is -2.18. The lowest BCUT2D eigenvalue weighted by Crippen LogP contribution is -2.28. The molecule has 1 aromatic heterocycles. The first kappa shape index (κ1) is 23.4. The molecule has 0 radical (unpaired) electrons. The van der Waals surface area contributed by atoms with Crippen LogP contribution >= 0.6 is 23.4 Å². The summed E-state index contributed by atoms with van der Waals surface area (Å²) < 4.78 is 2.00. The van der Waals surface area contributed by atoms with Crippen LogP contribution in [0, 0.1) is 19.3 Å². The van der Waals surface area contributed by atoms with E-state index in [0.717, 1.165) is 22.2 Å². The van der Waals surface area contributed by atoms with Crippen molar-refractivity contribution < 1.29 is 4.79 Å². The van der Waals surface area contributed by atoms with Crippen molar-refractivity contribution in [3.63, 3.8) is 0 Å². The predicted octanol–water partition coefficient (Wildman–Crippen LogP) is 5.88. The number of hydrogen-bond acceptors (Lipinski definition) is 4. The van der Waals surface area contributed by atoms with Crippen LogP contribution < -0.4 is 5.32 Å². The van der Waals surface area contributed by atoms with Crippen LogP contribution in [0.1, 0.15) is 49.7 Å². The molecule has 0 fully saturated rings. The van der Waals surface area contributed by atoms with Crippen molar-refractivity contribution in [1.82, 2.24) is 20.1 Å². The second-order valence-electron chi connectivity index (χ2n) is 8.89. The number of aryl methyl sites for hydroxylation is 2. The molecule has 3 aromatic rings. The molecule has 0 aliphatic heterocycles. The van der Waals surface area contributed by atoms with Crippen LogP contribution in [-0.4, -0.2) is 20.7 Å². The highest BCUT2D eigenvalue weighted by Gasteiger charge is 2.19. The van der Waals surface area contributed by atoms with Crippen molar-refractivity contribution in [2.75, 3.05) is 0 Å². The Hall–Kier alpha value is -2.31. The molecule has 5 nitrogen and oxygen atoms in total. The van der Waals surface area contributed by atoms with Crippen LogP contribution in [0.2, 0.25) is 5.02 Å². The highest BCUT2D eigenvalue weighted by Crippen LogP contribution is 2.29. The molecule has 1 amide bonds. The zero-order valence-electron chi connectivity index (χ0n) is 18.7. The maximum absolute atomic E-state index is 12.4. The fourth-order valence-electron chi connectivity index (χ4n) is 3.21. The second kappa shape index (κ2) is 9.88. The van der Waals surface area contributed by atoms with Crippen LogP contribution in [0.5, 0.6) is 0 Å². The Labute approximate surface area is 193 Å². The number of amides is 1. The largest absolute Gasteiger partial charge is 0.349 e. The zero-order valence-corrected chi connectivity index (χ0v) is 20.3.